The predicted molar refractivity (Wildman–Crippen MR) is 60.3 cm³/mol. The molecule has 0 heterocycles. The minimum atomic E-state index is -4.39. The van der Waals surface area contributed by atoms with Crippen LogP contribution in [0.15, 0.2) is 0 Å². The van der Waals surface area contributed by atoms with Gasteiger partial charge in [-0.25, -0.2) is 0 Å². The molecular formula is C11H21F3N2O. The third kappa shape index (κ3) is 6.51. The largest absolute Gasteiger partial charge is 0.406 e. The second kappa shape index (κ2) is 6.23. The van der Waals surface area contributed by atoms with E-state index in [0.29, 0.717) is 6.42 Å². The highest BCUT2D eigenvalue weighted by molar-refractivity contribution is 5.81. The molecule has 0 aromatic carbocycles. The Morgan fingerprint density at radius 1 is 1.24 bits per heavy atom. The van der Waals surface area contributed by atoms with Crippen LogP contribution in [0.1, 0.15) is 34.1 Å². The van der Waals surface area contributed by atoms with Gasteiger partial charge in [0.25, 0.3) is 0 Å². The minimum Gasteiger partial charge on any atom is -0.330 e. The lowest BCUT2D eigenvalue weighted by Gasteiger charge is -2.30. The summed E-state index contributed by atoms with van der Waals surface area (Å²) in [7, 11) is 0. The molecule has 2 N–H and O–H groups in total. The molecule has 0 aliphatic carbocycles. The molecular weight excluding hydrogens is 233 g/mol. The van der Waals surface area contributed by atoms with Crippen LogP contribution in [0.4, 0.5) is 13.2 Å². The van der Waals surface area contributed by atoms with Crippen LogP contribution >= 0.6 is 0 Å². The van der Waals surface area contributed by atoms with E-state index >= 15 is 0 Å². The molecule has 0 aliphatic rings. The number of rotatable bonds is 5. The van der Waals surface area contributed by atoms with E-state index in [4.69, 9.17) is 5.73 Å². The van der Waals surface area contributed by atoms with E-state index < -0.39 is 30.7 Å². The van der Waals surface area contributed by atoms with Crippen LogP contribution in [0.5, 0.6) is 0 Å². The highest BCUT2D eigenvalue weighted by Crippen LogP contribution is 2.19. The van der Waals surface area contributed by atoms with Crippen LogP contribution in [0.25, 0.3) is 0 Å². The van der Waals surface area contributed by atoms with Crippen molar-refractivity contribution in [3.8, 4) is 0 Å². The molecule has 0 bridgehead atoms. The summed E-state index contributed by atoms with van der Waals surface area (Å²) in [5, 5.41) is 0. The van der Waals surface area contributed by atoms with E-state index in [1.165, 1.54) is 0 Å². The number of hydrogen-bond donors (Lipinski definition) is 1. The number of carbonyl (C=O) groups is 1. The summed E-state index contributed by atoms with van der Waals surface area (Å²) in [6, 6.07) is -1.37. The van der Waals surface area contributed by atoms with Gasteiger partial charge in [-0.3, -0.25) is 4.79 Å². The Balaban J connectivity index is 4.66. The molecule has 0 aromatic rings. The summed E-state index contributed by atoms with van der Waals surface area (Å²) in [6.07, 6.45) is -4.00. The molecule has 1 amide bonds. The van der Waals surface area contributed by atoms with Crippen molar-refractivity contribution in [1.29, 1.82) is 0 Å². The van der Waals surface area contributed by atoms with Crippen LogP contribution in [-0.2, 0) is 4.79 Å². The first-order chi connectivity index (χ1) is 7.54. The molecule has 1 atom stereocenters. The number of alkyl halides is 3. The first-order valence-electron chi connectivity index (χ1n) is 5.67. The van der Waals surface area contributed by atoms with Crippen molar-refractivity contribution in [2.45, 2.75) is 52.4 Å². The van der Waals surface area contributed by atoms with Gasteiger partial charge >= 0.3 is 6.18 Å². The smallest absolute Gasteiger partial charge is 0.330 e. The topological polar surface area (TPSA) is 46.3 Å². The van der Waals surface area contributed by atoms with Gasteiger partial charge in [0.2, 0.25) is 5.91 Å². The van der Waals surface area contributed by atoms with Crippen LogP contribution < -0.4 is 5.73 Å². The number of nitrogens with two attached hydrogens (primary N) is 1. The van der Waals surface area contributed by atoms with E-state index in [1.807, 2.05) is 13.8 Å². The van der Waals surface area contributed by atoms with Crippen molar-refractivity contribution < 1.29 is 18.0 Å². The van der Waals surface area contributed by atoms with Crippen LogP contribution in [0.3, 0.4) is 0 Å². The molecule has 0 saturated heterocycles. The maximum Gasteiger partial charge on any atom is 0.406 e. The molecule has 0 aliphatic heterocycles. The van der Waals surface area contributed by atoms with Crippen molar-refractivity contribution >= 4 is 5.91 Å². The summed E-state index contributed by atoms with van der Waals surface area (Å²) in [5.41, 5.74) is 5.62. The Bertz CT molecular complexity index is 252. The molecule has 0 fully saturated rings. The van der Waals surface area contributed by atoms with Crippen LogP contribution in [0.2, 0.25) is 0 Å². The van der Waals surface area contributed by atoms with Crippen LogP contribution in [-0.4, -0.2) is 35.6 Å². The SMILES string of the molecule is CC(C)C[C@H](N)C(=O)N(CC(F)(F)F)C(C)C. The highest BCUT2D eigenvalue weighted by Gasteiger charge is 2.35. The normalized spacial score (nSPS) is 14.2. The molecule has 0 spiro atoms. The Hall–Kier alpha value is -0.780. The zero-order valence-corrected chi connectivity index (χ0v) is 10.7. The molecule has 0 saturated carbocycles. The zero-order chi connectivity index (χ0) is 13.8. The van der Waals surface area contributed by atoms with Gasteiger partial charge in [-0.15, -0.1) is 0 Å². The van der Waals surface area contributed by atoms with Crippen molar-refractivity contribution in [3.05, 3.63) is 0 Å². The summed E-state index contributed by atoms with van der Waals surface area (Å²) < 4.78 is 37.0. The quantitative estimate of drug-likeness (QED) is 0.817. The molecule has 17 heavy (non-hydrogen) atoms. The molecule has 3 nitrogen and oxygen atoms in total. The van der Waals surface area contributed by atoms with E-state index in [1.54, 1.807) is 13.8 Å². The zero-order valence-electron chi connectivity index (χ0n) is 10.7. The van der Waals surface area contributed by atoms with Gasteiger partial charge in [0.1, 0.15) is 6.54 Å². The van der Waals surface area contributed by atoms with Gasteiger partial charge in [0, 0.05) is 6.04 Å². The minimum absolute atomic E-state index is 0.175. The van der Waals surface area contributed by atoms with Crippen molar-refractivity contribution in [2.75, 3.05) is 6.54 Å². The fourth-order valence-electron chi connectivity index (χ4n) is 1.53. The maximum atomic E-state index is 12.3. The summed E-state index contributed by atoms with van der Waals surface area (Å²) in [6.45, 7) is 5.60. The second-order valence-corrected chi connectivity index (χ2v) is 4.91. The third-order valence-corrected chi connectivity index (χ3v) is 2.30. The van der Waals surface area contributed by atoms with Gasteiger partial charge in [-0.2, -0.15) is 13.2 Å². The lowest BCUT2D eigenvalue weighted by atomic mass is 10.0. The van der Waals surface area contributed by atoms with E-state index in [2.05, 4.69) is 0 Å². The van der Waals surface area contributed by atoms with E-state index in [9.17, 15) is 18.0 Å². The molecule has 0 unspecified atom stereocenters. The van der Waals surface area contributed by atoms with Gasteiger partial charge in [-0.1, -0.05) is 13.8 Å². The number of nitrogens with zero attached hydrogens (tertiary/aromatic N) is 1. The van der Waals surface area contributed by atoms with Crippen molar-refractivity contribution in [3.63, 3.8) is 0 Å². The molecule has 0 radical (unpaired) electrons. The maximum absolute atomic E-state index is 12.3. The highest BCUT2D eigenvalue weighted by atomic mass is 19.4. The standard InChI is InChI=1S/C11H21F3N2O/c1-7(2)5-9(15)10(17)16(8(3)4)6-11(12,13)14/h7-9H,5-6,15H2,1-4H3/t9-/m0/s1. The predicted octanol–water partition coefficient (Wildman–Crippen LogP) is 2.16. The average Bonchev–Trinajstić information content (AvgIpc) is 2.10. The summed E-state index contributed by atoms with van der Waals surface area (Å²) >= 11 is 0. The van der Waals surface area contributed by atoms with E-state index in [-0.39, 0.29) is 5.92 Å². The fourth-order valence-corrected chi connectivity index (χ4v) is 1.53. The molecule has 0 aromatic heterocycles. The molecule has 0 rings (SSSR count). The summed E-state index contributed by atoms with van der Waals surface area (Å²) in [4.78, 5) is 12.6. The van der Waals surface area contributed by atoms with Gasteiger partial charge in [0.15, 0.2) is 0 Å². The first kappa shape index (κ1) is 16.2. The number of halogens is 3. The molecule has 102 valence electrons. The number of hydrogen-bond acceptors (Lipinski definition) is 2. The summed E-state index contributed by atoms with van der Waals surface area (Å²) in [5.74, 6) is -0.458. The third-order valence-electron chi connectivity index (χ3n) is 2.30. The van der Waals surface area contributed by atoms with Crippen molar-refractivity contribution in [1.82, 2.24) is 4.90 Å². The first-order valence-corrected chi connectivity index (χ1v) is 5.67. The number of amides is 1. The van der Waals surface area contributed by atoms with Gasteiger partial charge in [0.05, 0.1) is 6.04 Å². The van der Waals surface area contributed by atoms with E-state index in [0.717, 1.165) is 4.90 Å². The average molecular weight is 254 g/mol. The number of carbonyl (C=O) groups excluding carboxylic acids is 1. The second-order valence-electron chi connectivity index (χ2n) is 4.91. The van der Waals surface area contributed by atoms with Gasteiger partial charge in [-0.05, 0) is 26.2 Å². The van der Waals surface area contributed by atoms with Gasteiger partial charge < -0.3 is 10.6 Å². The Morgan fingerprint density at radius 2 is 1.71 bits per heavy atom. The van der Waals surface area contributed by atoms with Crippen molar-refractivity contribution in [2.24, 2.45) is 11.7 Å². The Labute approximate surface area is 100 Å². The lowest BCUT2D eigenvalue weighted by Crippen LogP contribution is -2.50. The Kier molecular flexibility index (Phi) is 5.95. The molecule has 6 heteroatoms. The fraction of sp³-hybridized carbons (Fsp3) is 0.909. The lowest BCUT2D eigenvalue weighted by molar-refractivity contribution is -0.165. The monoisotopic (exact) mass is 254 g/mol. The Morgan fingerprint density at radius 3 is 2.00 bits per heavy atom. The van der Waals surface area contributed by atoms with Crippen LogP contribution in [0, 0.1) is 5.92 Å².